The van der Waals surface area contributed by atoms with Gasteiger partial charge in [-0.1, -0.05) is 18.2 Å². The van der Waals surface area contributed by atoms with E-state index in [0.29, 0.717) is 12.8 Å². The number of fused-ring (bicyclic) bond motifs is 1. The number of benzene rings is 1. The number of likely N-dealkylation sites (tertiary alicyclic amines) is 1. The number of nitrogens with zero attached hydrogens (tertiary/aromatic N) is 1. The highest BCUT2D eigenvalue weighted by Crippen LogP contribution is 2.35. The van der Waals surface area contributed by atoms with Gasteiger partial charge in [-0.2, -0.15) is 0 Å². The molecule has 1 heterocycles. The Balaban J connectivity index is 1.51. The van der Waals surface area contributed by atoms with E-state index in [1.165, 1.54) is 6.92 Å². The molecule has 1 aromatic rings. The molecule has 0 aromatic heterocycles. The molecule has 1 aromatic carbocycles. The number of rotatable bonds is 6. The van der Waals surface area contributed by atoms with Crippen LogP contribution in [0.4, 0.5) is 14.5 Å². The molecule has 3 amide bonds. The van der Waals surface area contributed by atoms with Gasteiger partial charge in [-0.25, -0.2) is 8.78 Å². The third-order valence-electron chi connectivity index (χ3n) is 5.03. The Hall–Kier alpha value is -3.10. The lowest BCUT2D eigenvalue weighted by molar-refractivity contribution is -0.154. The van der Waals surface area contributed by atoms with Crippen molar-refractivity contribution in [3.05, 3.63) is 42.0 Å². The molecule has 0 spiro atoms. The normalized spacial score (nSPS) is 21.7. The molecule has 9 heteroatoms. The number of halogens is 2. The second-order valence-electron chi connectivity index (χ2n) is 6.95. The van der Waals surface area contributed by atoms with Gasteiger partial charge in [-0.3, -0.25) is 24.1 Å². The van der Waals surface area contributed by atoms with Gasteiger partial charge in [0, 0.05) is 6.54 Å². The van der Waals surface area contributed by atoms with Gasteiger partial charge in [-0.05, 0) is 31.9 Å². The van der Waals surface area contributed by atoms with E-state index in [1.54, 1.807) is 0 Å². The van der Waals surface area contributed by atoms with E-state index in [4.69, 9.17) is 4.74 Å². The van der Waals surface area contributed by atoms with Crippen LogP contribution < -0.4 is 5.32 Å². The highest BCUT2D eigenvalue weighted by atomic mass is 19.1. The fourth-order valence-electron chi connectivity index (χ4n) is 3.44. The van der Waals surface area contributed by atoms with Crippen molar-refractivity contribution >= 4 is 29.4 Å². The molecule has 29 heavy (non-hydrogen) atoms. The summed E-state index contributed by atoms with van der Waals surface area (Å²) in [5, 5.41) is 2.04. The summed E-state index contributed by atoms with van der Waals surface area (Å²) in [6.07, 6.45) is 3.13. The first-order valence-electron chi connectivity index (χ1n) is 9.24. The molecule has 0 unspecified atom stereocenters. The highest BCUT2D eigenvalue weighted by Gasteiger charge is 2.47. The Bertz CT molecular complexity index is 839. The van der Waals surface area contributed by atoms with Crippen molar-refractivity contribution in [2.24, 2.45) is 11.8 Å². The van der Waals surface area contributed by atoms with Crippen LogP contribution in [0.5, 0.6) is 0 Å². The molecule has 1 aliphatic heterocycles. The quantitative estimate of drug-likeness (QED) is 0.444. The first-order chi connectivity index (χ1) is 13.8. The summed E-state index contributed by atoms with van der Waals surface area (Å²) in [4.78, 5) is 49.8. The zero-order chi connectivity index (χ0) is 21.1. The maximum absolute atomic E-state index is 13.6. The van der Waals surface area contributed by atoms with Crippen molar-refractivity contribution in [3.8, 4) is 0 Å². The third-order valence-corrected chi connectivity index (χ3v) is 5.03. The van der Waals surface area contributed by atoms with Crippen LogP contribution >= 0.6 is 0 Å². The number of imide groups is 1. The van der Waals surface area contributed by atoms with Crippen molar-refractivity contribution in [3.63, 3.8) is 0 Å². The van der Waals surface area contributed by atoms with E-state index in [-0.39, 0.29) is 36.6 Å². The van der Waals surface area contributed by atoms with Crippen LogP contribution in [-0.4, -0.2) is 41.2 Å². The maximum atomic E-state index is 13.6. The van der Waals surface area contributed by atoms with Gasteiger partial charge in [-0.15, -0.1) is 0 Å². The summed E-state index contributed by atoms with van der Waals surface area (Å²) >= 11 is 0. The monoisotopic (exact) mass is 406 g/mol. The van der Waals surface area contributed by atoms with Crippen molar-refractivity contribution in [2.45, 2.75) is 32.3 Å². The lowest BCUT2D eigenvalue weighted by Gasteiger charge is -2.16. The maximum Gasteiger partial charge on any atom is 0.308 e. The molecule has 154 valence electrons. The van der Waals surface area contributed by atoms with E-state index < -0.39 is 35.3 Å². The molecular formula is C20H20F2N2O5. The molecule has 3 rings (SSSR count). The number of hydrogen-bond donors (Lipinski definition) is 1. The number of carbonyl (C=O) groups is 4. The molecule has 1 fully saturated rings. The zero-order valence-corrected chi connectivity index (χ0v) is 15.7. The molecule has 2 aliphatic rings. The van der Waals surface area contributed by atoms with E-state index >= 15 is 0 Å². The summed E-state index contributed by atoms with van der Waals surface area (Å²) in [6, 6.07) is 3.11. The molecule has 1 saturated heterocycles. The summed E-state index contributed by atoms with van der Waals surface area (Å²) < 4.78 is 32.1. The fourth-order valence-corrected chi connectivity index (χ4v) is 3.44. The predicted octanol–water partition coefficient (Wildman–Crippen LogP) is 2.18. The van der Waals surface area contributed by atoms with Gasteiger partial charge in [0.1, 0.15) is 17.3 Å². The number of anilines is 1. The summed E-state index contributed by atoms with van der Waals surface area (Å²) in [5.41, 5.74) is -0.634. The van der Waals surface area contributed by atoms with Gasteiger partial charge in [0.2, 0.25) is 11.8 Å². The predicted molar refractivity (Wildman–Crippen MR) is 97.2 cm³/mol. The molecule has 1 N–H and O–H groups in total. The number of amides is 3. The van der Waals surface area contributed by atoms with Crippen LogP contribution in [0.1, 0.15) is 26.2 Å². The van der Waals surface area contributed by atoms with Crippen molar-refractivity contribution < 1.29 is 32.7 Å². The Morgan fingerprint density at radius 3 is 2.24 bits per heavy atom. The van der Waals surface area contributed by atoms with Gasteiger partial charge >= 0.3 is 5.97 Å². The topological polar surface area (TPSA) is 92.8 Å². The standard InChI is InChI=1S/C20H20F2N2O5/c1-11(18(26)23-17-14(21)7-4-8-15(17)22)29-16(25)9-10-24-19(27)12-5-2-3-6-13(12)20(24)28/h2-4,7-8,11-13H,5-6,9-10H2,1H3,(H,23,26)/t11-,12-,13-/m0/s1. The lowest BCUT2D eigenvalue weighted by Crippen LogP contribution is -2.35. The number of para-hydroxylation sites is 1. The third kappa shape index (κ3) is 4.33. The Labute approximate surface area is 165 Å². The number of esters is 1. The highest BCUT2D eigenvalue weighted by molar-refractivity contribution is 6.05. The van der Waals surface area contributed by atoms with E-state index in [1.807, 2.05) is 17.5 Å². The van der Waals surface area contributed by atoms with E-state index in [9.17, 15) is 28.0 Å². The van der Waals surface area contributed by atoms with Crippen LogP contribution in [0.3, 0.4) is 0 Å². The van der Waals surface area contributed by atoms with Crippen LogP contribution in [0.25, 0.3) is 0 Å². The van der Waals surface area contributed by atoms with Crippen LogP contribution in [0.15, 0.2) is 30.4 Å². The SMILES string of the molecule is C[C@H](OC(=O)CCN1C(=O)[C@H]2CC=CC[C@@H]2C1=O)C(=O)Nc1c(F)cccc1F. The average molecular weight is 406 g/mol. The van der Waals surface area contributed by atoms with Gasteiger partial charge in [0.05, 0.1) is 18.3 Å². The Morgan fingerprint density at radius 2 is 1.69 bits per heavy atom. The molecular weight excluding hydrogens is 386 g/mol. The first kappa shape index (κ1) is 20.6. The van der Waals surface area contributed by atoms with Crippen LogP contribution in [-0.2, 0) is 23.9 Å². The second-order valence-corrected chi connectivity index (χ2v) is 6.95. The number of carbonyl (C=O) groups excluding carboxylic acids is 4. The molecule has 0 radical (unpaired) electrons. The average Bonchev–Trinajstić information content (AvgIpc) is 2.93. The van der Waals surface area contributed by atoms with Crippen molar-refractivity contribution in [2.75, 3.05) is 11.9 Å². The summed E-state index contributed by atoms with van der Waals surface area (Å²) in [6.45, 7) is 1.11. The Kier molecular flexibility index (Phi) is 6.05. The molecule has 3 atom stereocenters. The second kappa shape index (κ2) is 8.50. The zero-order valence-electron chi connectivity index (χ0n) is 15.7. The van der Waals surface area contributed by atoms with Gasteiger partial charge in [0.25, 0.3) is 5.91 Å². The first-order valence-corrected chi connectivity index (χ1v) is 9.24. The minimum Gasteiger partial charge on any atom is -0.452 e. The Morgan fingerprint density at radius 1 is 1.14 bits per heavy atom. The smallest absolute Gasteiger partial charge is 0.308 e. The number of allylic oxidation sites excluding steroid dienone is 2. The largest absolute Gasteiger partial charge is 0.452 e. The molecule has 0 bridgehead atoms. The number of ether oxygens (including phenoxy) is 1. The molecule has 0 saturated carbocycles. The fraction of sp³-hybridized carbons (Fsp3) is 0.400. The minimum absolute atomic E-state index is 0.139. The van der Waals surface area contributed by atoms with Crippen LogP contribution in [0, 0.1) is 23.5 Å². The molecule has 1 aliphatic carbocycles. The van der Waals surface area contributed by atoms with Gasteiger partial charge in [0.15, 0.2) is 6.10 Å². The summed E-state index contributed by atoms with van der Waals surface area (Å²) in [5.74, 6) is -5.02. The number of nitrogens with one attached hydrogen (secondary N) is 1. The van der Waals surface area contributed by atoms with E-state index in [0.717, 1.165) is 23.1 Å². The lowest BCUT2D eigenvalue weighted by atomic mass is 9.85. The minimum atomic E-state index is -1.32. The van der Waals surface area contributed by atoms with Crippen molar-refractivity contribution in [1.29, 1.82) is 0 Å². The van der Waals surface area contributed by atoms with E-state index in [2.05, 4.69) is 0 Å². The van der Waals surface area contributed by atoms with Gasteiger partial charge < -0.3 is 10.1 Å². The molecule has 7 nitrogen and oxygen atoms in total. The van der Waals surface area contributed by atoms with Crippen molar-refractivity contribution in [1.82, 2.24) is 4.90 Å². The summed E-state index contributed by atoms with van der Waals surface area (Å²) in [7, 11) is 0. The number of hydrogen-bond acceptors (Lipinski definition) is 5. The van der Waals surface area contributed by atoms with Crippen LogP contribution in [0.2, 0.25) is 0 Å².